The van der Waals surface area contributed by atoms with E-state index in [-0.39, 0.29) is 12.3 Å². The third-order valence-corrected chi connectivity index (χ3v) is 3.48. The minimum absolute atomic E-state index is 0.125. The summed E-state index contributed by atoms with van der Waals surface area (Å²) >= 11 is 0. The largest absolute Gasteiger partial charge is 0.465 e. The van der Waals surface area contributed by atoms with Crippen molar-refractivity contribution in [1.29, 1.82) is 0 Å². The van der Waals surface area contributed by atoms with E-state index in [1.165, 1.54) is 19.2 Å². The van der Waals surface area contributed by atoms with Crippen LogP contribution in [0.2, 0.25) is 0 Å². The zero-order chi connectivity index (χ0) is 19.2. The number of hydrogen-bond donors (Lipinski definition) is 2. The molecule has 0 unspecified atom stereocenters. The van der Waals surface area contributed by atoms with E-state index in [0.29, 0.717) is 17.8 Å². The van der Waals surface area contributed by atoms with Gasteiger partial charge in [0.05, 0.1) is 18.2 Å². The third-order valence-electron chi connectivity index (χ3n) is 3.48. The molecule has 0 aliphatic rings. The summed E-state index contributed by atoms with van der Waals surface area (Å²) in [6, 6.07) is 10.8. The quantitative estimate of drug-likeness (QED) is 0.760. The molecule has 0 saturated heterocycles. The Kier molecular flexibility index (Phi) is 6.21. The number of carbonyl (C=O) groups excluding carboxylic acids is 2. The highest BCUT2D eigenvalue weighted by Gasteiger charge is 2.29. The van der Waals surface area contributed by atoms with Gasteiger partial charge in [0.25, 0.3) is 0 Å². The number of anilines is 2. The summed E-state index contributed by atoms with van der Waals surface area (Å²) in [5, 5.41) is 5.54. The molecule has 2 N–H and O–H groups in total. The van der Waals surface area contributed by atoms with Crippen molar-refractivity contribution in [3.8, 4) is 0 Å². The van der Waals surface area contributed by atoms with E-state index < -0.39 is 17.7 Å². The predicted molar refractivity (Wildman–Crippen MR) is 91.0 cm³/mol. The average molecular weight is 366 g/mol. The summed E-state index contributed by atoms with van der Waals surface area (Å²) in [6.07, 6.45) is -4.28. The van der Waals surface area contributed by atoms with Crippen molar-refractivity contribution in [1.82, 2.24) is 0 Å². The maximum absolute atomic E-state index is 12.5. The van der Waals surface area contributed by atoms with Crippen LogP contribution in [-0.2, 0) is 15.7 Å². The first-order chi connectivity index (χ1) is 12.3. The normalized spacial score (nSPS) is 10.9. The number of nitrogens with one attached hydrogen (secondary N) is 2. The number of rotatable bonds is 6. The molecule has 1 amide bonds. The fourth-order valence-corrected chi connectivity index (χ4v) is 2.13. The fraction of sp³-hybridized carbons (Fsp3) is 0.222. The van der Waals surface area contributed by atoms with E-state index in [9.17, 15) is 22.8 Å². The van der Waals surface area contributed by atoms with Gasteiger partial charge in [-0.25, -0.2) is 4.79 Å². The Labute approximate surface area is 148 Å². The molecule has 0 radical (unpaired) electrons. The van der Waals surface area contributed by atoms with Crippen LogP contribution in [0.3, 0.4) is 0 Å². The smallest absolute Gasteiger partial charge is 0.416 e. The highest BCUT2D eigenvalue weighted by molar-refractivity contribution is 5.91. The minimum atomic E-state index is -4.41. The van der Waals surface area contributed by atoms with Crippen molar-refractivity contribution in [3.05, 3.63) is 59.7 Å². The Bertz CT molecular complexity index is 757. The van der Waals surface area contributed by atoms with Gasteiger partial charge in [0.15, 0.2) is 0 Å². The maximum atomic E-state index is 12.5. The summed E-state index contributed by atoms with van der Waals surface area (Å²) in [7, 11) is 1.30. The van der Waals surface area contributed by atoms with Crippen LogP contribution in [0.25, 0.3) is 0 Å². The summed E-state index contributed by atoms with van der Waals surface area (Å²) in [6.45, 7) is 0.323. The molecular weight excluding hydrogens is 349 g/mol. The topological polar surface area (TPSA) is 67.4 Å². The number of halogens is 3. The lowest BCUT2D eigenvalue weighted by Crippen LogP contribution is -2.16. The number of hydrogen-bond acceptors (Lipinski definition) is 4. The monoisotopic (exact) mass is 366 g/mol. The van der Waals surface area contributed by atoms with Crippen LogP contribution in [0.5, 0.6) is 0 Å². The van der Waals surface area contributed by atoms with Gasteiger partial charge in [0.1, 0.15) is 0 Å². The molecule has 0 aromatic heterocycles. The van der Waals surface area contributed by atoms with Crippen LogP contribution in [0.1, 0.15) is 22.3 Å². The summed E-state index contributed by atoms with van der Waals surface area (Å²) in [5.41, 5.74) is 0.663. The Balaban J connectivity index is 1.79. The van der Waals surface area contributed by atoms with Gasteiger partial charge in [0.2, 0.25) is 5.91 Å². The molecular formula is C18H17F3N2O3. The first-order valence-corrected chi connectivity index (χ1v) is 7.69. The van der Waals surface area contributed by atoms with Crippen LogP contribution in [0.15, 0.2) is 48.5 Å². The molecule has 2 rings (SSSR count). The molecule has 0 fully saturated rings. The molecule has 0 heterocycles. The van der Waals surface area contributed by atoms with Crippen molar-refractivity contribution in [3.63, 3.8) is 0 Å². The van der Waals surface area contributed by atoms with Crippen LogP contribution < -0.4 is 10.6 Å². The molecule has 2 aromatic rings. The molecule has 0 spiro atoms. The van der Waals surface area contributed by atoms with Crippen molar-refractivity contribution in [2.45, 2.75) is 12.6 Å². The summed E-state index contributed by atoms with van der Waals surface area (Å²) in [4.78, 5) is 23.2. The molecule has 0 atom stereocenters. The second-order valence-electron chi connectivity index (χ2n) is 5.37. The second-order valence-corrected chi connectivity index (χ2v) is 5.37. The predicted octanol–water partition coefficient (Wildman–Crippen LogP) is 3.93. The van der Waals surface area contributed by atoms with Crippen molar-refractivity contribution >= 4 is 23.3 Å². The molecule has 0 bridgehead atoms. The van der Waals surface area contributed by atoms with Crippen molar-refractivity contribution in [2.75, 3.05) is 24.3 Å². The summed E-state index contributed by atoms with van der Waals surface area (Å²) in [5.74, 6) is -0.768. The number of alkyl halides is 3. The van der Waals surface area contributed by atoms with E-state index in [1.54, 1.807) is 24.3 Å². The highest BCUT2D eigenvalue weighted by atomic mass is 19.4. The van der Waals surface area contributed by atoms with Crippen LogP contribution in [0, 0.1) is 0 Å². The Hall–Kier alpha value is -3.03. The standard InChI is InChI=1S/C18H17F3N2O3/c1-26-17(25)12-2-6-14(7-3-12)22-11-10-16(24)23-15-8-4-13(5-9-15)18(19,20)21/h2-9,22H,10-11H2,1H3,(H,23,24). The molecule has 26 heavy (non-hydrogen) atoms. The lowest BCUT2D eigenvalue weighted by Gasteiger charge is -2.10. The number of methoxy groups -OCH3 is 1. The Morgan fingerprint density at radius 1 is 0.962 bits per heavy atom. The lowest BCUT2D eigenvalue weighted by atomic mass is 10.2. The zero-order valence-electron chi connectivity index (χ0n) is 13.9. The van der Waals surface area contributed by atoms with E-state index >= 15 is 0 Å². The maximum Gasteiger partial charge on any atom is 0.416 e. The van der Waals surface area contributed by atoms with Crippen LogP contribution >= 0.6 is 0 Å². The van der Waals surface area contributed by atoms with Gasteiger partial charge in [-0.3, -0.25) is 4.79 Å². The van der Waals surface area contributed by atoms with Crippen LogP contribution in [-0.4, -0.2) is 25.5 Å². The zero-order valence-corrected chi connectivity index (χ0v) is 13.9. The van der Waals surface area contributed by atoms with Gasteiger partial charge in [-0.1, -0.05) is 0 Å². The van der Waals surface area contributed by atoms with Crippen LogP contribution in [0.4, 0.5) is 24.5 Å². The van der Waals surface area contributed by atoms with E-state index in [0.717, 1.165) is 17.8 Å². The minimum Gasteiger partial charge on any atom is -0.465 e. The molecule has 0 aliphatic heterocycles. The fourth-order valence-electron chi connectivity index (χ4n) is 2.13. The molecule has 5 nitrogen and oxygen atoms in total. The second kappa shape index (κ2) is 8.37. The third kappa shape index (κ3) is 5.51. The van der Waals surface area contributed by atoms with E-state index in [4.69, 9.17) is 0 Å². The van der Waals surface area contributed by atoms with Gasteiger partial charge in [-0.05, 0) is 48.5 Å². The number of amides is 1. The average Bonchev–Trinajstić information content (AvgIpc) is 2.61. The molecule has 0 saturated carbocycles. The SMILES string of the molecule is COC(=O)c1ccc(NCCC(=O)Nc2ccc(C(F)(F)F)cc2)cc1. The van der Waals surface area contributed by atoms with Gasteiger partial charge in [-0.2, -0.15) is 13.2 Å². The Morgan fingerprint density at radius 3 is 2.08 bits per heavy atom. The molecule has 2 aromatic carbocycles. The van der Waals surface area contributed by atoms with Gasteiger partial charge in [-0.15, -0.1) is 0 Å². The lowest BCUT2D eigenvalue weighted by molar-refractivity contribution is -0.137. The van der Waals surface area contributed by atoms with E-state index in [2.05, 4.69) is 15.4 Å². The van der Waals surface area contributed by atoms with Gasteiger partial charge >= 0.3 is 12.1 Å². The van der Waals surface area contributed by atoms with E-state index in [1.807, 2.05) is 0 Å². The Morgan fingerprint density at radius 2 is 1.54 bits per heavy atom. The molecule has 0 aliphatic carbocycles. The number of carbonyl (C=O) groups is 2. The highest BCUT2D eigenvalue weighted by Crippen LogP contribution is 2.29. The first kappa shape index (κ1) is 19.3. The number of benzene rings is 2. The van der Waals surface area contributed by atoms with Gasteiger partial charge < -0.3 is 15.4 Å². The summed E-state index contributed by atoms with van der Waals surface area (Å²) < 4.78 is 42.0. The number of esters is 1. The van der Waals surface area contributed by atoms with Gasteiger partial charge in [0, 0.05) is 24.3 Å². The van der Waals surface area contributed by atoms with Crippen molar-refractivity contribution in [2.24, 2.45) is 0 Å². The molecule has 8 heteroatoms. The number of ether oxygens (including phenoxy) is 1. The van der Waals surface area contributed by atoms with Crippen molar-refractivity contribution < 1.29 is 27.5 Å². The molecule has 138 valence electrons. The first-order valence-electron chi connectivity index (χ1n) is 7.69.